The van der Waals surface area contributed by atoms with E-state index in [1.807, 2.05) is 56.3 Å². The van der Waals surface area contributed by atoms with Gasteiger partial charge in [0.2, 0.25) is 0 Å². The van der Waals surface area contributed by atoms with Crippen LogP contribution in [-0.2, 0) is 4.79 Å². The zero-order valence-corrected chi connectivity index (χ0v) is 14.1. The minimum Gasteiger partial charge on any atom is -0.482 e. The Balaban J connectivity index is 1.95. The molecule has 0 atom stereocenters. The average Bonchev–Trinajstić information content (AvgIpc) is 2.52. The predicted molar refractivity (Wildman–Crippen MR) is 93.7 cm³/mol. The summed E-state index contributed by atoms with van der Waals surface area (Å²) in [5.41, 5.74) is 7.43. The molecule has 0 aliphatic heterocycles. The van der Waals surface area contributed by atoms with Gasteiger partial charge in [-0.15, -0.1) is 0 Å². The van der Waals surface area contributed by atoms with Crippen LogP contribution in [0.15, 0.2) is 48.5 Å². The average molecular weight is 333 g/mol. The molecule has 2 rings (SSSR count). The maximum atomic E-state index is 11.7. The Morgan fingerprint density at radius 1 is 1.17 bits per heavy atom. The maximum Gasteiger partial charge on any atom is 0.258 e. The number of halogens is 1. The minimum absolute atomic E-state index is 0.0967. The largest absolute Gasteiger partial charge is 0.482 e. The van der Waals surface area contributed by atoms with Crippen molar-refractivity contribution >= 4 is 17.5 Å². The monoisotopic (exact) mass is 332 g/mol. The van der Waals surface area contributed by atoms with E-state index < -0.39 is 5.54 Å². The van der Waals surface area contributed by atoms with Gasteiger partial charge < -0.3 is 15.8 Å². The molecule has 0 aliphatic rings. The van der Waals surface area contributed by atoms with Gasteiger partial charge in [0, 0.05) is 12.1 Å². The van der Waals surface area contributed by atoms with Gasteiger partial charge in [0.1, 0.15) is 5.75 Å². The summed E-state index contributed by atoms with van der Waals surface area (Å²) < 4.78 is 5.47. The third-order valence-corrected chi connectivity index (χ3v) is 3.43. The van der Waals surface area contributed by atoms with Crippen molar-refractivity contribution in [1.29, 1.82) is 0 Å². The highest BCUT2D eigenvalue weighted by atomic mass is 35.5. The molecule has 1 amide bonds. The van der Waals surface area contributed by atoms with E-state index in [9.17, 15) is 4.79 Å². The van der Waals surface area contributed by atoms with Gasteiger partial charge in [-0.2, -0.15) is 0 Å². The van der Waals surface area contributed by atoms with E-state index in [1.54, 1.807) is 6.07 Å². The van der Waals surface area contributed by atoms with Crippen molar-refractivity contribution in [3.8, 4) is 16.9 Å². The number of nitrogens with two attached hydrogens (primary N) is 1. The molecule has 0 radical (unpaired) electrons. The molecule has 3 N–H and O–H groups in total. The first kappa shape index (κ1) is 17.3. The summed E-state index contributed by atoms with van der Waals surface area (Å²) in [7, 11) is 0. The topological polar surface area (TPSA) is 64.3 Å². The van der Waals surface area contributed by atoms with Crippen LogP contribution in [0.1, 0.15) is 13.8 Å². The molecule has 0 spiro atoms. The Kier molecular flexibility index (Phi) is 5.64. The van der Waals surface area contributed by atoms with Gasteiger partial charge in [0.05, 0.1) is 5.02 Å². The van der Waals surface area contributed by atoms with E-state index in [0.717, 1.165) is 11.1 Å². The van der Waals surface area contributed by atoms with E-state index in [4.69, 9.17) is 22.1 Å². The third kappa shape index (κ3) is 5.58. The first-order valence-electron chi connectivity index (χ1n) is 7.38. The van der Waals surface area contributed by atoms with Crippen molar-refractivity contribution in [3.63, 3.8) is 0 Å². The van der Waals surface area contributed by atoms with Crippen LogP contribution < -0.4 is 15.8 Å². The van der Waals surface area contributed by atoms with Crippen LogP contribution in [0.3, 0.4) is 0 Å². The van der Waals surface area contributed by atoms with E-state index in [-0.39, 0.29) is 12.5 Å². The predicted octanol–water partition coefficient (Wildman–Crippen LogP) is 3.24. The van der Waals surface area contributed by atoms with Crippen LogP contribution in [0.4, 0.5) is 0 Å². The number of hydrogen-bond acceptors (Lipinski definition) is 3. The Morgan fingerprint density at radius 2 is 1.87 bits per heavy atom. The first-order chi connectivity index (χ1) is 10.8. The lowest BCUT2D eigenvalue weighted by Gasteiger charge is -2.19. The summed E-state index contributed by atoms with van der Waals surface area (Å²) in [6.07, 6.45) is 0. The van der Waals surface area contributed by atoms with E-state index >= 15 is 0 Å². The molecule has 5 heteroatoms. The van der Waals surface area contributed by atoms with Gasteiger partial charge in [0.15, 0.2) is 6.61 Å². The fourth-order valence-corrected chi connectivity index (χ4v) is 2.18. The Bertz CT molecular complexity index is 666. The molecule has 2 aromatic rings. The van der Waals surface area contributed by atoms with Gasteiger partial charge in [0.25, 0.3) is 5.91 Å². The molecule has 2 aromatic carbocycles. The number of amides is 1. The molecule has 0 saturated heterocycles. The van der Waals surface area contributed by atoms with Crippen LogP contribution in [0.2, 0.25) is 5.02 Å². The Hall–Kier alpha value is -2.04. The molecule has 0 bridgehead atoms. The molecule has 23 heavy (non-hydrogen) atoms. The first-order valence-corrected chi connectivity index (χ1v) is 7.76. The highest BCUT2D eigenvalue weighted by molar-refractivity contribution is 6.32. The lowest BCUT2D eigenvalue weighted by Crippen LogP contribution is -2.46. The number of benzene rings is 2. The highest BCUT2D eigenvalue weighted by Crippen LogP contribution is 2.30. The Labute approximate surface area is 141 Å². The molecule has 4 nitrogen and oxygen atoms in total. The van der Waals surface area contributed by atoms with Gasteiger partial charge in [-0.25, -0.2) is 0 Å². The SMILES string of the molecule is CC(C)(N)CNC(=O)COc1ccc(-c2ccccc2)cc1Cl. The van der Waals surface area contributed by atoms with E-state index in [0.29, 0.717) is 17.3 Å². The second-order valence-corrected chi connectivity index (χ2v) is 6.47. The molecular weight excluding hydrogens is 312 g/mol. The van der Waals surface area contributed by atoms with Gasteiger partial charge in [-0.1, -0.05) is 48.0 Å². The summed E-state index contributed by atoms with van der Waals surface area (Å²) in [5.74, 6) is 0.250. The lowest BCUT2D eigenvalue weighted by molar-refractivity contribution is -0.123. The number of ether oxygens (including phenoxy) is 1. The minimum atomic E-state index is -0.454. The molecular formula is C18H21ClN2O2. The molecule has 0 heterocycles. The fraction of sp³-hybridized carbons (Fsp3) is 0.278. The Morgan fingerprint density at radius 3 is 2.48 bits per heavy atom. The van der Waals surface area contributed by atoms with Crippen LogP contribution >= 0.6 is 11.6 Å². The van der Waals surface area contributed by atoms with Crippen molar-refractivity contribution in [2.45, 2.75) is 19.4 Å². The number of nitrogens with one attached hydrogen (secondary N) is 1. The molecule has 0 saturated carbocycles. The summed E-state index contributed by atoms with van der Waals surface area (Å²) in [6.45, 7) is 3.97. The van der Waals surface area contributed by atoms with Crippen molar-refractivity contribution in [3.05, 3.63) is 53.6 Å². The van der Waals surface area contributed by atoms with Crippen LogP contribution in [-0.4, -0.2) is 24.6 Å². The normalized spacial score (nSPS) is 11.1. The summed E-state index contributed by atoms with van der Waals surface area (Å²) in [4.78, 5) is 11.7. The zero-order valence-electron chi connectivity index (χ0n) is 13.3. The van der Waals surface area contributed by atoms with Crippen LogP contribution in [0.25, 0.3) is 11.1 Å². The molecule has 0 aliphatic carbocycles. The standard InChI is InChI=1S/C18H21ClN2O2/c1-18(2,20)12-21-17(22)11-23-16-9-8-14(10-15(16)19)13-6-4-3-5-7-13/h3-10H,11-12,20H2,1-2H3,(H,21,22). The zero-order chi connectivity index (χ0) is 16.9. The van der Waals surface area contributed by atoms with Crippen LogP contribution in [0.5, 0.6) is 5.75 Å². The number of carbonyl (C=O) groups is 1. The highest BCUT2D eigenvalue weighted by Gasteiger charge is 2.13. The van der Waals surface area contributed by atoms with Gasteiger partial charge in [-0.05, 0) is 37.1 Å². The van der Waals surface area contributed by atoms with Crippen molar-refractivity contribution in [2.24, 2.45) is 5.73 Å². The van der Waals surface area contributed by atoms with Crippen molar-refractivity contribution in [2.75, 3.05) is 13.2 Å². The lowest BCUT2D eigenvalue weighted by atomic mass is 10.1. The van der Waals surface area contributed by atoms with Crippen molar-refractivity contribution in [1.82, 2.24) is 5.32 Å². The maximum absolute atomic E-state index is 11.7. The van der Waals surface area contributed by atoms with Gasteiger partial charge in [-0.3, -0.25) is 4.79 Å². The fourth-order valence-electron chi connectivity index (χ4n) is 1.95. The quantitative estimate of drug-likeness (QED) is 0.853. The number of rotatable bonds is 6. The summed E-state index contributed by atoms with van der Waals surface area (Å²) in [5, 5.41) is 3.19. The smallest absolute Gasteiger partial charge is 0.258 e. The number of carbonyl (C=O) groups excluding carboxylic acids is 1. The van der Waals surface area contributed by atoms with Gasteiger partial charge >= 0.3 is 0 Å². The summed E-state index contributed by atoms with van der Waals surface area (Å²) >= 11 is 6.24. The van der Waals surface area contributed by atoms with Crippen molar-refractivity contribution < 1.29 is 9.53 Å². The third-order valence-electron chi connectivity index (χ3n) is 3.14. The summed E-state index contributed by atoms with van der Waals surface area (Å²) in [6, 6.07) is 15.4. The van der Waals surface area contributed by atoms with Crippen LogP contribution in [0, 0.1) is 0 Å². The second kappa shape index (κ2) is 7.49. The number of hydrogen-bond donors (Lipinski definition) is 2. The van der Waals surface area contributed by atoms with E-state index in [2.05, 4.69) is 5.32 Å². The molecule has 122 valence electrons. The molecule has 0 fully saturated rings. The van der Waals surface area contributed by atoms with E-state index in [1.165, 1.54) is 0 Å². The molecule has 0 aromatic heterocycles. The molecule has 0 unspecified atom stereocenters. The second-order valence-electron chi connectivity index (χ2n) is 6.07.